The van der Waals surface area contributed by atoms with Crippen LogP contribution in [-0.4, -0.2) is 43.4 Å². The summed E-state index contributed by atoms with van der Waals surface area (Å²) in [5, 5.41) is 6.54. The molecule has 0 bridgehead atoms. The van der Waals surface area contributed by atoms with Crippen molar-refractivity contribution >= 4 is 15.9 Å². The molecular weight excluding hydrogens is 306 g/mol. The maximum absolute atomic E-state index is 12.8. The summed E-state index contributed by atoms with van der Waals surface area (Å²) in [5.74, 6) is 0.178. The van der Waals surface area contributed by atoms with Gasteiger partial charge in [-0.25, -0.2) is 8.42 Å². The minimum atomic E-state index is -3.69. The summed E-state index contributed by atoms with van der Waals surface area (Å²) >= 11 is 0. The van der Waals surface area contributed by atoms with E-state index < -0.39 is 10.0 Å². The molecule has 124 valence electrons. The van der Waals surface area contributed by atoms with Crippen LogP contribution in [0.5, 0.6) is 0 Å². The normalized spacial score (nSPS) is 19.5. The molecule has 1 fully saturated rings. The molecule has 22 heavy (non-hydrogen) atoms. The largest absolute Gasteiger partial charge is 0.360 e. The molecule has 1 saturated heterocycles. The third-order valence-corrected chi connectivity index (χ3v) is 5.95. The van der Waals surface area contributed by atoms with Gasteiger partial charge in [-0.1, -0.05) is 18.0 Å². The Labute approximate surface area is 131 Å². The van der Waals surface area contributed by atoms with Gasteiger partial charge in [0, 0.05) is 26.1 Å². The molecule has 0 unspecified atom stereocenters. The van der Waals surface area contributed by atoms with Crippen LogP contribution in [-0.2, 0) is 14.8 Å². The molecule has 0 atom stereocenters. The van der Waals surface area contributed by atoms with Crippen molar-refractivity contribution in [3.63, 3.8) is 0 Å². The Bertz CT molecular complexity index is 605. The van der Waals surface area contributed by atoms with Gasteiger partial charge in [0.25, 0.3) is 0 Å². The van der Waals surface area contributed by atoms with E-state index in [4.69, 9.17) is 4.52 Å². The first-order valence-electron chi connectivity index (χ1n) is 7.62. The zero-order valence-corrected chi connectivity index (χ0v) is 13.9. The van der Waals surface area contributed by atoms with Gasteiger partial charge in [-0.2, -0.15) is 4.31 Å². The van der Waals surface area contributed by atoms with Crippen molar-refractivity contribution < 1.29 is 17.7 Å². The summed E-state index contributed by atoms with van der Waals surface area (Å²) in [6.45, 7) is 4.46. The molecule has 8 heteroatoms. The van der Waals surface area contributed by atoms with Gasteiger partial charge in [0.2, 0.25) is 15.9 Å². The van der Waals surface area contributed by atoms with E-state index in [1.54, 1.807) is 13.8 Å². The third-order valence-electron chi connectivity index (χ3n) is 3.81. The maximum atomic E-state index is 12.8. The maximum Gasteiger partial charge on any atom is 0.248 e. The Hall–Kier alpha value is -1.41. The number of hydrogen-bond donors (Lipinski definition) is 1. The summed E-state index contributed by atoms with van der Waals surface area (Å²) in [6.07, 6.45) is 3.82. The first-order chi connectivity index (χ1) is 10.4. The van der Waals surface area contributed by atoms with Crippen LogP contribution in [0.2, 0.25) is 0 Å². The van der Waals surface area contributed by atoms with Crippen molar-refractivity contribution in [1.82, 2.24) is 14.8 Å². The number of sulfonamides is 1. The topological polar surface area (TPSA) is 92.5 Å². The second-order valence-corrected chi connectivity index (χ2v) is 7.45. The molecule has 0 spiro atoms. The fourth-order valence-corrected chi connectivity index (χ4v) is 4.40. The predicted molar refractivity (Wildman–Crippen MR) is 80.8 cm³/mol. The summed E-state index contributed by atoms with van der Waals surface area (Å²) in [5.41, 5.74) is 0.358. The predicted octanol–water partition coefficient (Wildman–Crippen LogP) is 1.36. The van der Waals surface area contributed by atoms with Crippen LogP contribution >= 0.6 is 0 Å². The van der Waals surface area contributed by atoms with Crippen molar-refractivity contribution in [3.05, 3.63) is 11.5 Å². The molecule has 0 saturated carbocycles. The van der Waals surface area contributed by atoms with E-state index >= 15 is 0 Å². The van der Waals surface area contributed by atoms with E-state index in [9.17, 15) is 13.2 Å². The van der Waals surface area contributed by atoms with Gasteiger partial charge in [0.05, 0.1) is 0 Å². The molecule has 0 aromatic carbocycles. The van der Waals surface area contributed by atoms with E-state index in [1.165, 1.54) is 4.31 Å². The number of hydrogen-bond acceptors (Lipinski definition) is 5. The van der Waals surface area contributed by atoms with Crippen molar-refractivity contribution in [2.75, 3.05) is 19.6 Å². The molecule has 1 amide bonds. The highest BCUT2D eigenvalue weighted by atomic mass is 32.2. The highest BCUT2D eigenvalue weighted by Crippen LogP contribution is 2.24. The van der Waals surface area contributed by atoms with Crippen LogP contribution in [0.4, 0.5) is 0 Å². The second kappa shape index (κ2) is 7.23. The van der Waals surface area contributed by atoms with Gasteiger partial charge in [-0.15, -0.1) is 0 Å². The van der Waals surface area contributed by atoms with Crippen molar-refractivity contribution in [1.29, 1.82) is 0 Å². The van der Waals surface area contributed by atoms with Crippen LogP contribution in [0.25, 0.3) is 0 Å². The molecule has 1 aromatic rings. The lowest BCUT2D eigenvalue weighted by Gasteiger charge is -2.21. The molecule has 2 rings (SSSR count). The number of nitrogens with one attached hydrogen (secondary N) is 1. The minimum Gasteiger partial charge on any atom is -0.360 e. The van der Waals surface area contributed by atoms with E-state index in [0.717, 1.165) is 25.7 Å². The average Bonchev–Trinajstić information content (AvgIpc) is 2.77. The molecule has 2 heterocycles. The fourth-order valence-electron chi connectivity index (χ4n) is 2.63. The molecule has 1 aliphatic rings. The first-order valence-corrected chi connectivity index (χ1v) is 9.06. The Balaban J connectivity index is 2.23. The quantitative estimate of drug-likeness (QED) is 0.884. The third kappa shape index (κ3) is 3.86. The lowest BCUT2D eigenvalue weighted by Crippen LogP contribution is -2.36. The molecule has 1 aliphatic heterocycles. The number of carbonyl (C=O) groups excluding carboxylic acids is 1. The minimum absolute atomic E-state index is 0.110. The molecule has 0 aliphatic carbocycles. The van der Waals surface area contributed by atoms with Crippen molar-refractivity contribution in [3.8, 4) is 0 Å². The number of rotatable bonds is 2. The van der Waals surface area contributed by atoms with Gasteiger partial charge < -0.3 is 9.84 Å². The van der Waals surface area contributed by atoms with Crippen LogP contribution in [0.15, 0.2) is 9.42 Å². The number of aromatic nitrogens is 1. The zero-order valence-electron chi connectivity index (χ0n) is 13.1. The highest BCUT2D eigenvalue weighted by Gasteiger charge is 2.31. The zero-order chi connectivity index (χ0) is 16.2. The number of aryl methyl sites for hydroxylation is 2. The van der Waals surface area contributed by atoms with Gasteiger partial charge in [-0.05, 0) is 26.7 Å². The smallest absolute Gasteiger partial charge is 0.248 e. The molecule has 1 aromatic heterocycles. The Morgan fingerprint density at radius 2 is 1.86 bits per heavy atom. The molecule has 7 nitrogen and oxygen atoms in total. The van der Waals surface area contributed by atoms with Crippen molar-refractivity contribution in [2.45, 2.75) is 50.8 Å². The van der Waals surface area contributed by atoms with Gasteiger partial charge >= 0.3 is 0 Å². The van der Waals surface area contributed by atoms with E-state index in [1.807, 2.05) is 0 Å². The van der Waals surface area contributed by atoms with E-state index in [0.29, 0.717) is 18.8 Å². The molecule has 0 radical (unpaired) electrons. The van der Waals surface area contributed by atoms with Gasteiger partial charge in [0.1, 0.15) is 10.6 Å². The average molecular weight is 329 g/mol. The van der Waals surface area contributed by atoms with E-state index in [2.05, 4.69) is 10.5 Å². The second-order valence-electron chi connectivity index (χ2n) is 5.57. The Kier molecular flexibility index (Phi) is 5.57. The van der Waals surface area contributed by atoms with E-state index in [-0.39, 0.29) is 29.5 Å². The lowest BCUT2D eigenvalue weighted by molar-refractivity contribution is -0.121. The first kappa shape index (κ1) is 17.0. The standard InChI is InChI=1S/C14H23N3O4S/c1-11-14(12(2)21-16-11)22(19,20)17-9-6-4-3-5-8-15-13(18)7-10-17/h3-10H2,1-2H3,(H,15,18). The van der Waals surface area contributed by atoms with Crippen molar-refractivity contribution in [2.24, 2.45) is 0 Å². The van der Waals surface area contributed by atoms with Crippen LogP contribution in [0.3, 0.4) is 0 Å². The summed E-state index contributed by atoms with van der Waals surface area (Å²) < 4.78 is 32.0. The highest BCUT2D eigenvalue weighted by molar-refractivity contribution is 7.89. The summed E-state index contributed by atoms with van der Waals surface area (Å²) in [6, 6.07) is 0. The number of amides is 1. The SMILES string of the molecule is Cc1noc(C)c1S(=O)(=O)N1CCCCCCNC(=O)CC1. The Morgan fingerprint density at radius 3 is 2.55 bits per heavy atom. The Morgan fingerprint density at radius 1 is 1.14 bits per heavy atom. The summed E-state index contributed by atoms with van der Waals surface area (Å²) in [7, 11) is -3.69. The molecular formula is C14H23N3O4S. The number of nitrogens with zero attached hydrogens (tertiary/aromatic N) is 2. The molecule has 1 N–H and O–H groups in total. The van der Waals surface area contributed by atoms with Crippen LogP contribution in [0, 0.1) is 13.8 Å². The monoisotopic (exact) mass is 329 g/mol. The summed E-state index contributed by atoms with van der Waals surface area (Å²) in [4.78, 5) is 11.9. The van der Waals surface area contributed by atoms with Gasteiger partial charge in [-0.3, -0.25) is 4.79 Å². The van der Waals surface area contributed by atoms with Crippen LogP contribution in [0.1, 0.15) is 43.6 Å². The fraction of sp³-hybridized carbons (Fsp3) is 0.714. The van der Waals surface area contributed by atoms with Gasteiger partial charge in [0.15, 0.2) is 5.76 Å². The number of carbonyl (C=O) groups is 1. The van der Waals surface area contributed by atoms with Crippen LogP contribution < -0.4 is 5.32 Å². The lowest BCUT2D eigenvalue weighted by atomic mass is 10.2.